The van der Waals surface area contributed by atoms with E-state index in [1.165, 1.54) is 5.56 Å². The normalized spacial score (nSPS) is 10.1. The number of benzene rings is 2. The second-order valence-electron chi connectivity index (χ2n) is 4.09. The molecule has 0 heterocycles. The lowest BCUT2D eigenvalue weighted by Crippen LogP contribution is -2.00. The molecule has 0 aromatic heterocycles. The first kappa shape index (κ1) is 12.5. The van der Waals surface area contributed by atoms with Crippen LogP contribution in [0.2, 0.25) is 0 Å². The molecule has 0 aliphatic carbocycles. The van der Waals surface area contributed by atoms with Crippen LogP contribution in [0.15, 0.2) is 54.6 Å². The van der Waals surface area contributed by atoms with Crippen molar-refractivity contribution in [2.24, 2.45) is 0 Å². The van der Waals surface area contributed by atoms with E-state index in [0.717, 1.165) is 24.3 Å². The first-order chi connectivity index (χ1) is 8.90. The highest BCUT2D eigenvalue weighted by atomic mass is 16.5. The second kappa shape index (κ2) is 6.70. The van der Waals surface area contributed by atoms with Crippen LogP contribution in [0.3, 0.4) is 0 Å². The summed E-state index contributed by atoms with van der Waals surface area (Å²) in [6.45, 7) is 0.704. The largest absolute Gasteiger partial charge is 0.493 e. The van der Waals surface area contributed by atoms with Gasteiger partial charge < -0.3 is 9.47 Å². The Balaban J connectivity index is 1.78. The van der Waals surface area contributed by atoms with Crippen molar-refractivity contribution in [2.45, 2.75) is 12.8 Å². The van der Waals surface area contributed by atoms with Gasteiger partial charge in [0.2, 0.25) is 0 Å². The van der Waals surface area contributed by atoms with E-state index < -0.39 is 0 Å². The molecular formula is C16H18O2. The van der Waals surface area contributed by atoms with Crippen LogP contribution in [0.25, 0.3) is 0 Å². The van der Waals surface area contributed by atoms with Gasteiger partial charge in [-0.2, -0.15) is 0 Å². The van der Waals surface area contributed by atoms with Crippen LogP contribution in [-0.2, 0) is 6.42 Å². The molecule has 2 aromatic carbocycles. The van der Waals surface area contributed by atoms with E-state index in [0.29, 0.717) is 6.61 Å². The van der Waals surface area contributed by atoms with Gasteiger partial charge in [-0.25, -0.2) is 0 Å². The van der Waals surface area contributed by atoms with Gasteiger partial charge in [0.1, 0.15) is 0 Å². The Hall–Kier alpha value is -1.96. The minimum atomic E-state index is 0.704. The molecule has 94 valence electrons. The fraction of sp³-hybridized carbons (Fsp3) is 0.250. The van der Waals surface area contributed by atoms with Gasteiger partial charge in [0, 0.05) is 0 Å². The van der Waals surface area contributed by atoms with Crippen molar-refractivity contribution in [1.82, 2.24) is 0 Å². The van der Waals surface area contributed by atoms with Gasteiger partial charge in [0.05, 0.1) is 13.7 Å². The summed E-state index contributed by atoms with van der Waals surface area (Å²) >= 11 is 0. The highest BCUT2D eigenvalue weighted by Gasteiger charge is 2.01. The maximum Gasteiger partial charge on any atom is 0.161 e. The van der Waals surface area contributed by atoms with Gasteiger partial charge in [0.15, 0.2) is 11.5 Å². The van der Waals surface area contributed by atoms with Crippen LogP contribution in [-0.4, -0.2) is 13.7 Å². The third-order valence-electron chi connectivity index (χ3n) is 2.78. The Morgan fingerprint density at radius 1 is 0.833 bits per heavy atom. The summed E-state index contributed by atoms with van der Waals surface area (Å²) in [5.41, 5.74) is 1.35. The average Bonchev–Trinajstić information content (AvgIpc) is 2.45. The van der Waals surface area contributed by atoms with Crippen molar-refractivity contribution >= 4 is 0 Å². The number of hydrogen-bond donors (Lipinski definition) is 0. The third-order valence-corrected chi connectivity index (χ3v) is 2.78. The maximum absolute atomic E-state index is 5.72. The van der Waals surface area contributed by atoms with E-state index in [2.05, 4.69) is 24.3 Å². The van der Waals surface area contributed by atoms with Gasteiger partial charge >= 0.3 is 0 Å². The molecule has 0 N–H and O–H groups in total. The molecule has 0 aliphatic rings. The fourth-order valence-corrected chi connectivity index (χ4v) is 1.84. The van der Waals surface area contributed by atoms with Crippen molar-refractivity contribution in [1.29, 1.82) is 0 Å². The minimum Gasteiger partial charge on any atom is -0.493 e. The summed E-state index contributed by atoms with van der Waals surface area (Å²) < 4.78 is 11.0. The molecular weight excluding hydrogens is 224 g/mol. The number of hydrogen-bond acceptors (Lipinski definition) is 2. The molecule has 0 bridgehead atoms. The Morgan fingerprint density at radius 3 is 2.22 bits per heavy atom. The van der Waals surface area contributed by atoms with Crippen molar-refractivity contribution in [3.63, 3.8) is 0 Å². The standard InChI is InChI=1S/C16H18O2/c1-17-15-11-5-6-12-16(15)18-13-7-10-14-8-3-2-4-9-14/h2-6,8-9,11-12H,7,10,13H2,1H3. The smallest absolute Gasteiger partial charge is 0.161 e. The number of ether oxygens (including phenoxy) is 2. The molecule has 2 rings (SSSR count). The predicted octanol–water partition coefficient (Wildman–Crippen LogP) is 3.71. The Bertz CT molecular complexity index is 466. The minimum absolute atomic E-state index is 0.704. The van der Waals surface area contributed by atoms with Crippen molar-refractivity contribution in [3.8, 4) is 11.5 Å². The first-order valence-electron chi connectivity index (χ1n) is 6.20. The number of aryl methyl sites for hydroxylation is 1. The van der Waals surface area contributed by atoms with Crippen LogP contribution in [0.1, 0.15) is 12.0 Å². The van der Waals surface area contributed by atoms with Crippen LogP contribution < -0.4 is 9.47 Å². The molecule has 0 unspecified atom stereocenters. The molecule has 0 aliphatic heterocycles. The Labute approximate surface area is 108 Å². The molecule has 2 nitrogen and oxygen atoms in total. The summed E-state index contributed by atoms with van der Waals surface area (Å²) in [7, 11) is 1.66. The SMILES string of the molecule is COc1ccccc1OCCCc1ccccc1. The molecule has 2 aromatic rings. The molecule has 18 heavy (non-hydrogen) atoms. The first-order valence-corrected chi connectivity index (χ1v) is 6.20. The van der Waals surface area contributed by atoms with Crippen LogP contribution in [0.5, 0.6) is 11.5 Å². The van der Waals surface area contributed by atoms with E-state index in [1.54, 1.807) is 7.11 Å². The van der Waals surface area contributed by atoms with E-state index >= 15 is 0 Å². The van der Waals surface area contributed by atoms with Crippen molar-refractivity contribution < 1.29 is 9.47 Å². The van der Waals surface area contributed by atoms with Gasteiger partial charge in [-0.05, 0) is 30.5 Å². The Kier molecular flexibility index (Phi) is 4.65. The molecule has 0 saturated carbocycles. The summed E-state index contributed by atoms with van der Waals surface area (Å²) in [6.07, 6.45) is 2.04. The molecule has 0 radical (unpaired) electrons. The lowest BCUT2D eigenvalue weighted by Gasteiger charge is -2.10. The lowest BCUT2D eigenvalue weighted by molar-refractivity contribution is 0.289. The zero-order valence-electron chi connectivity index (χ0n) is 10.6. The summed E-state index contributed by atoms with van der Waals surface area (Å²) in [4.78, 5) is 0. The van der Waals surface area contributed by atoms with E-state index in [9.17, 15) is 0 Å². The maximum atomic E-state index is 5.72. The number of para-hydroxylation sites is 2. The molecule has 0 atom stereocenters. The summed E-state index contributed by atoms with van der Waals surface area (Å²) in [6, 6.07) is 18.2. The van der Waals surface area contributed by atoms with E-state index in [4.69, 9.17) is 9.47 Å². The third kappa shape index (κ3) is 3.52. The van der Waals surface area contributed by atoms with E-state index in [-0.39, 0.29) is 0 Å². The molecule has 0 spiro atoms. The van der Waals surface area contributed by atoms with Crippen LogP contribution in [0, 0.1) is 0 Å². The van der Waals surface area contributed by atoms with Gasteiger partial charge in [-0.3, -0.25) is 0 Å². The van der Waals surface area contributed by atoms with Gasteiger partial charge in [0.25, 0.3) is 0 Å². The zero-order chi connectivity index (χ0) is 12.6. The topological polar surface area (TPSA) is 18.5 Å². The van der Waals surface area contributed by atoms with Crippen LogP contribution >= 0.6 is 0 Å². The highest BCUT2D eigenvalue weighted by Crippen LogP contribution is 2.25. The average molecular weight is 242 g/mol. The summed E-state index contributed by atoms with van der Waals surface area (Å²) in [5, 5.41) is 0. The summed E-state index contributed by atoms with van der Waals surface area (Å²) in [5.74, 6) is 1.60. The van der Waals surface area contributed by atoms with Crippen molar-refractivity contribution in [2.75, 3.05) is 13.7 Å². The number of rotatable bonds is 6. The molecule has 0 saturated heterocycles. The van der Waals surface area contributed by atoms with E-state index in [1.807, 2.05) is 30.3 Å². The monoisotopic (exact) mass is 242 g/mol. The quantitative estimate of drug-likeness (QED) is 0.719. The van der Waals surface area contributed by atoms with Gasteiger partial charge in [-0.15, -0.1) is 0 Å². The predicted molar refractivity (Wildman–Crippen MR) is 73.3 cm³/mol. The highest BCUT2D eigenvalue weighted by molar-refractivity contribution is 5.39. The van der Waals surface area contributed by atoms with Crippen LogP contribution in [0.4, 0.5) is 0 Å². The number of methoxy groups -OCH3 is 1. The fourth-order valence-electron chi connectivity index (χ4n) is 1.84. The second-order valence-corrected chi connectivity index (χ2v) is 4.09. The van der Waals surface area contributed by atoms with Crippen molar-refractivity contribution in [3.05, 3.63) is 60.2 Å². The Morgan fingerprint density at radius 2 is 1.50 bits per heavy atom. The lowest BCUT2D eigenvalue weighted by atomic mass is 10.1. The molecule has 2 heteroatoms. The molecule has 0 amide bonds. The van der Waals surface area contributed by atoms with Gasteiger partial charge in [-0.1, -0.05) is 42.5 Å². The zero-order valence-corrected chi connectivity index (χ0v) is 10.6. The molecule has 0 fully saturated rings.